The summed E-state index contributed by atoms with van der Waals surface area (Å²) in [5, 5.41) is 3.46. The van der Waals surface area contributed by atoms with Crippen LogP contribution in [0.5, 0.6) is 0 Å². The number of morpholine rings is 1. The molecule has 3 rings (SSSR count). The van der Waals surface area contributed by atoms with Crippen molar-refractivity contribution in [3.8, 4) is 0 Å². The van der Waals surface area contributed by atoms with Crippen molar-refractivity contribution in [1.82, 2.24) is 20.0 Å². The number of carbonyl (C=O) groups is 1. The molecule has 3 aliphatic rings. The van der Waals surface area contributed by atoms with Gasteiger partial charge in [0.05, 0.1) is 25.3 Å². The molecular weight excluding hydrogens is 350 g/mol. The second-order valence-corrected chi connectivity index (χ2v) is 8.39. The molecule has 0 radical (unpaired) electrons. The highest BCUT2D eigenvalue weighted by Gasteiger charge is 2.40. The maximum absolute atomic E-state index is 11.6. The predicted molar refractivity (Wildman–Crippen MR) is 107 cm³/mol. The summed E-state index contributed by atoms with van der Waals surface area (Å²) in [7, 11) is 0. The first-order chi connectivity index (χ1) is 12.6. The van der Waals surface area contributed by atoms with Gasteiger partial charge in [-0.2, -0.15) is 11.8 Å². The number of amides is 1. The zero-order chi connectivity index (χ0) is 18.4. The van der Waals surface area contributed by atoms with Gasteiger partial charge in [-0.3, -0.25) is 14.7 Å². The molecule has 148 valence electrons. The largest absolute Gasteiger partial charge is 0.379 e. The molecule has 3 aliphatic heterocycles. The summed E-state index contributed by atoms with van der Waals surface area (Å²) in [5.74, 6) is 3.55. The van der Waals surface area contributed by atoms with E-state index in [1.165, 1.54) is 12.2 Å². The predicted octanol–water partition coefficient (Wildman–Crippen LogP) is 0.324. The van der Waals surface area contributed by atoms with Gasteiger partial charge in [0.2, 0.25) is 5.91 Å². The Bertz CT molecular complexity index is 496. The number of piperazine rings is 1. The summed E-state index contributed by atoms with van der Waals surface area (Å²) in [6, 6.07) is 0. The van der Waals surface area contributed by atoms with Gasteiger partial charge in [0, 0.05) is 58.5 Å². The van der Waals surface area contributed by atoms with Crippen LogP contribution < -0.4 is 5.32 Å². The van der Waals surface area contributed by atoms with E-state index >= 15 is 0 Å². The first kappa shape index (κ1) is 19.8. The molecule has 0 aromatic rings. The van der Waals surface area contributed by atoms with Crippen LogP contribution in [0.2, 0.25) is 0 Å². The van der Waals surface area contributed by atoms with Crippen LogP contribution in [0.4, 0.5) is 0 Å². The van der Waals surface area contributed by atoms with Gasteiger partial charge in [-0.15, -0.1) is 0 Å². The fourth-order valence-electron chi connectivity index (χ4n) is 3.99. The molecule has 0 aromatic carbocycles. The van der Waals surface area contributed by atoms with E-state index in [-0.39, 0.29) is 11.4 Å². The second-order valence-electron chi connectivity index (χ2n) is 7.29. The average Bonchev–Trinajstić information content (AvgIpc) is 3.16. The Labute approximate surface area is 161 Å². The van der Waals surface area contributed by atoms with Crippen molar-refractivity contribution < 1.29 is 9.53 Å². The Hall–Kier alpha value is -0.990. The molecule has 0 aromatic heterocycles. The van der Waals surface area contributed by atoms with Gasteiger partial charge < -0.3 is 19.9 Å². The zero-order valence-corrected chi connectivity index (χ0v) is 17.0. The lowest BCUT2D eigenvalue weighted by Gasteiger charge is -2.42. The number of thioether (sulfide) groups is 1. The van der Waals surface area contributed by atoms with E-state index in [4.69, 9.17) is 9.73 Å². The Balaban J connectivity index is 1.66. The van der Waals surface area contributed by atoms with Gasteiger partial charge in [-0.25, -0.2) is 0 Å². The Morgan fingerprint density at radius 2 is 1.85 bits per heavy atom. The monoisotopic (exact) mass is 383 g/mol. The van der Waals surface area contributed by atoms with Crippen molar-refractivity contribution in [3.05, 3.63) is 0 Å². The van der Waals surface area contributed by atoms with Crippen molar-refractivity contribution in [1.29, 1.82) is 0 Å². The first-order valence-electron chi connectivity index (χ1n) is 9.84. The van der Waals surface area contributed by atoms with E-state index in [1.54, 1.807) is 6.92 Å². The van der Waals surface area contributed by atoms with E-state index in [0.717, 1.165) is 77.3 Å². The van der Waals surface area contributed by atoms with Gasteiger partial charge >= 0.3 is 0 Å². The SMILES string of the molecule is CCNC(=NCC1(N2CCOCC2)CCSC1)N1CCN(C(C)=O)CC1. The number of hydrogen-bond donors (Lipinski definition) is 1. The molecule has 0 aliphatic carbocycles. The fourth-order valence-corrected chi connectivity index (χ4v) is 5.46. The van der Waals surface area contributed by atoms with Crippen LogP contribution in [0.15, 0.2) is 4.99 Å². The van der Waals surface area contributed by atoms with Crippen molar-refractivity contribution in [2.75, 3.05) is 77.1 Å². The lowest BCUT2D eigenvalue weighted by atomic mass is 9.96. The molecule has 3 saturated heterocycles. The van der Waals surface area contributed by atoms with Crippen molar-refractivity contribution in [3.63, 3.8) is 0 Å². The molecule has 3 heterocycles. The van der Waals surface area contributed by atoms with Crippen molar-refractivity contribution >= 4 is 23.6 Å². The van der Waals surface area contributed by atoms with E-state index in [1.807, 2.05) is 16.7 Å². The third kappa shape index (κ3) is 4.64. The van der Waals surface area contributed by atoms with Gasteiger partial charge in [0.25, 0.3) is 0 Å². The van der Waals surface area contributed by atoms with Crippen LogP contribution in [0, 0.1) is 0 Å². The highest BCUT2D eigenvalue weighted by Crippen LogP contribution is 2.34. The summed E-state index contributed by atoms with van der Waals surface area (Å²) < 4.78 is 5.56. The number of aliphatic imine (C=N–C) groups is 1. The molecule has 0 spiro atoms. The third-order valence-electron chi connectivity index (χ3n) is 5.65. The standard InChI is InChI=1S/C18H33N5O2S/c1-3-19-17(22-7-5-21(6-8-22)16(2)24)20-14-18(4-13-26-15-18)23-9-11-25-12-10-23/h3-15H2,1-2H3,(H,19,20). The maximum atomic E-state index is 11.6. The van der Waals surface area contributed by atoms with E-state index in [2.05, 4.69) is 22.0 Å². The molecule has 26 heavy (non-hydrogen) atoms. The number of ether oxygens (including phenoxy) is 1. The minimum atomic E-state index is 0.167. The summed E-state index contributed by atoms with van der Waals surface area (Å²) >= 11 is 2.05. The van der Waals surface area contributed by atoms with Crippen LogP contribution in [0.3, 0.4) is 0 Å². The summed E-state index contributed by atoms with van der Waals surface area (Å²) in [6.07, 6.45) is 1.21. The van der Waals surface area contributed by atoms with Gasteiger partial charge in [-0.1, -0.05) is 0 Å². The number of rotatable bonds is 4. The zero-order valence-electron chi connectivity index (χ0n) is 16.2. The first-order valence-corrected chi connectivity index (χ1v) is 11.0. The Morgan fingerprint density at radius 3 is 2.42 bits per heavy atom. The van der Waals surface area contributed by atoms with Crippen LogP contribution in [0.1, 0.15) is 20.3 Å². The minimum Gasteiger partial charge on any atom is -0.379 e. The minimum absolute atomic E-state index is 0.167. The van der Waals surface area contributed by atoms with Crippen LogP contribution >= 0.6 is 11.8 Å². The molecule has 3 fully saturated rings. The van der Waals surface area contributed by atoms with Gasteiger partial charge in [0.15, 0.2) is 5.96 Å². The molecule has 1 N–H and O–H groups in total. The van der Waals surface area contributed by atoms with Crippen molar-refractivity contribution in [2.45, 2.75) is 25.8 Å². The highest BCUT2D eigenvalue weighted by atomic mass is 32.2. The summed E-state index contributed by atoms with van der Waals surface area (Å²) in [6.45, 7) is 12.5. The van der Waals surface area contributed by atoms with Crippen LogP contribution in [-0.4, -0.2) is 109 Å². The lowest BCUT2D eigenvalue weighted by molar-refractivity contribution is -0.130. The molecule has 8 heteroatoms. The fraction of sp³-hybridized carbons (Fsp3) is 0.889. The lowest BCUT2D eigenvalue weighted by Crippen LogP contribution is -2.57. The Morgan fingerprint density at radius 1 is 1.15 bits per heavy atom. The van der Waals surface area contributed by atoms with Crippen LogP contribution in [-0.2, 0) is 9.53 Å². The third-order valence-corrected chi connectivity index (χ3v) is 6.88. The van der Waals surface area contributed by atoms with Gasteiger partial charge in [-0.05, 0) is 19.1 Å². The highest BCUT2D eigenvalue weighted by molar-refractivity contribution is 7.99. The summed E-state index contributed by atoms with van der Waals surface area (Å²) in [5.41, 5.74) is 0.177. The number of hydrogen-bond acceptors (Lipinski definition) is 5. The number of guanidine groups is 1. The van der Waals surface area contributed by atoms with Gasteiger partial charge in [0.1, 0.15) is 0 Å². The maximum Gasteiger partial charge on any atom is 0.219 e. The molecular formula is C18H33N5O2S. The molecule has 1 amide bonds. The quantitative estimate of drug-likeness (QED) is 0.558. The average molecular weight is 384 g/mol. The second kappa shape index (κ2) is 9.28. The molecule has 0 saturated carbocycles. The topological polar surface area (TPSA) is 60.4 Å². The number of nitrogens with zero attached hydrogens (tertiary/aromatic N) is 4. The van der Waals surface area contributed by atoms with E-state index < -0.39 is 0 Å². The van der Waals surface area contributed by atoms with E-state index in [0.29, 0.717) is 0 Å². The van der Waals surface area contributed by atoms with Crippen molar-refractivity contribution in [2.24, 2.45) is 4.99 Å². The van der Waals surface area contributed by atoms with Crippen LogP contribution in [0.25, 0.3) is 0 Å². The smallest absolute Gasteiger partial charge is 0.219 e. The summed E-state index contributed by atoms with van der Waals surface area (Å²) in [4.78, 5) is 23.5. The molecule has 1 unspecified atom stereocenters. The number of nitrogens with one attached hydrogen (secondary N) is 1. The molecule has 7 nitrogen and oxygen atoms in total. The Kier molecular flexibility index (Phi) is 7.05. The molecule has 1 atom stereocenters. The molecule has 0 bridgehead atoms. The number of carbonyl (C=O) groups excluding carboxylic acids is 1. The normalized spacial score (nSPS) is 28.5. The van der Waals surface area contributed by atoms with E-state index in [9.17, 15) is 4.79 Å².